The van der Waals surface area contributed by atoms with Crippen LogP contribution < -0.4 is 10.1 Å². The highest BCUT2D eigenvalue weighted by Gasteiger charge is 2.36. The number of nitrogens with zero attached hydrogens (tertiary/aromatic N) is 4. The maximum absolute atomic E-state index is 14.3. The van der Waals surface area contributed by atoms with Gasteiger partial charge in [0.05, 0.1) is 5.69 Å². The first-order valence-electron chi connectivity index (χ1n) is 10.0. The van der Waals surface area contributed by atoms with E-state index in [2.05, 4.69) is 20.4 Å². The number of hydrogen-bond donors (Lipinski definition) is 2. The molecule has 0 bridgehead atoms. The summed E-state index contributed by atoms with van der Waals surface area (Å²) in [4.78, 5) is 8.30. The summed E-state index contributed by atoms with van der Waals surface area (Å²) in [6, 6.07) is 12.2. The van der Waals surface area contributed by atoms with Gasteiger partial charge in [-0.25, -0.2) is 9.37 Å². The molecule has 0 atom stereocenters. The Balaban J connectivity index is 1.65. The molecule has 4 aromatic rings. The lowest BCUT2D eigenvalue weighted by molar-refractivity contribution is -0.141. The zero-order valence-electron chi connectivity index (χ0n) is 18.0. The summed E-state index contributed by atoms with van der Waals surface area (Å²) in [5, 5.41) is 16.7. The fourth-order valence-corrected chi connectivity index (χ4v) is 3.03. The number of ether oxygens (including phenoxy) is 1. The Morgan fingerprint density at radius 3 is 2.38 bits per heavy atom. The summed E-state index contributed by atoms with van der Waals surface area (Å²) in [5.74, 6) is -0.636. The van der Waals surface area contributed by atoms with E-state index in [1.165, 1.54) is 42.7 Å². The Morgan fingerprint density at radius 1 is 0.941 bits per heavy atom. The van der Waals surface area contributed by atoms with Gasteiger partial charge in [0.15, 0.2) is 5.69 Å². The molecule has 0 radical (unpaired) electrons. The van der Waals surface area contributed by atoms with Gasteiger partial charge >= 0.3 is 6.18 Å². The van der Waals surface area contributed by atoms with Gasteiger partial charge in [-0.2, -0.15) is 23.0 Å². The molecule has 0 spiro atoms. The van der Waals surface area contributed by atoms with E-state index in [-0.39, 0.29) is 17.3 Å². The fraction of sp³-hybridized carbons (Fsp3) is 0.174. The van der Waals surface area contributed by atoms with Crippen molar-refractivity contribution in [2.75, 3.05) is 5.32 Å². The largest absolute Gasteiger partial charge is 0.439 e. The zero-order chi connectivity index (χ0) is 24.5. The molecule has 176 valence electrons. The van der Waals surface area contributed by atoms with Crippen molar-refractivity contribution in [1.29, 1.82) is 0 Å². The minimum absolute atomic E-state index is 0.139. The van der Waals surface area contributed by atoms with E-state index in [9.17, 15) is 22.7 Å². The van der Waals surface area contributed by atoms with Crippen LogP contribution in [0.1, 0.15) is 25.2 Å². The van der Waals surface area contributed by atoms with Crippen molar-refractivity contribution in [2.45, 2.75) is 25.6 Å². The van der Waals surface area contributed by atoms with Crippen LogP contribution in [-0.4, -0.2) is 24.9 Å². The summed E-state index contributed by atoms with van der Waals surface area (Å²) >= 11 is 0. The van der Waals surface area contributed by atoms with E-state index >= 15 is 0 Å². The molecule has 34 heavy (non-hydrogen) atoms. The van der Waals surface area contributed by atoms with E-state index in [1.807, 2.05) is 0 Å². The van der Waals surface area contributed by atoms with Crippen molar-refractivity contribution in [3.05, 3.63) is 84.2 Å². The Hall–Kier alpha value is -3.99. The van der Waals surface area contributed by atoms with E-state index in [0.717, 1.165) is 10.7 Å². The Morgan fingerprint density at radius 2 is 1.68 bits per heavy atom. The van der Waals surface area contributed by atoms with Gasteiger partial charge in [0.2, 0.25) is 5.88 Å². The fourth-order valence-electron chi connectivity index (χ4n) is 3.03. The standard InChI is InChI=1S/C23H19F4N5O2/c1-22(2,33)18-11-14(7-9-28-18)30-20-12-15(8-10-29-20)34-21-13-19(23(25,26)27)31-32(21)17-6-4-3-5-16(17)24/h3-13,33H,1-2H3,(H,28,29,30). The van der Waals surface area contributed by atoms with Crippen LogP contribution in [0.3, 0.4) is 0 Å². The lowest BCUT2D eigenvalue weighted by atomic mass is 10.0. The van der Waals surface area contributed by atoms with Crippen molar-refractivity contribution >= 4 is 11.5 Å². The number of aromatic nitrogens is 4. The molecule has 4 rings (SSSR count). The minimum atomic E-state index is -4.75. The van der Waals surface area contributed by atoms with E-state index < -0.39 is 23.3 Å². The van der Waals surface area contributed by atoms with Gasteiger partial charge in [0.25, 0.3) is 0 Å². The molecule has 0 saturated heterocycles. The van der Waals surface area contributed by atoms with Crippen molar-refractivity contribution in [2.24, 2.45) is 0 Å². The normalized spacial score (nSPS) is 12.0. The molecule has 0 amide bonds. The van der Waals surface area contributed by atoms with Crippen molar-refractivity contribution < 1.29 is 27.4 Å². The smallest absolute Gasteiger partial charge is 0.435 e. The lowest BCUT2D eigenvalue weighted by Crippen LogP contribution is -2.17. The first-order valence-corrected chi connectivity index (χ1v) is 10.0. The van der Waals surface area contributed by atoms with E-state index in [4.69, 9.17) is 4.74 Å². The molecule has 0 unspecified atom stereocenters. The van der Waals surface area contributed by atoms with Crippen LogP contribution in [-0.2, 0) is 11.8 Å². The van der Waals surface area contributed by atoms with Crippen molar-refractivity contribution in [3.8, 4) is 17.3 Å². The zero-order valence-corrected chi connectivity index (χ0v) is 18.0. The van der Waals surface area contributed by atoms with Gasteiger partial charge < -0.3 is 15.2 Å². The molecule has 3 aromatic heterocycles. The molecule has 2 N–H and O–H groups in total. The summed E-state index contributed by atoms with van der Waals surface area (Å²) in [6.45, 7) is 3.19. The molecule has 3 heterocycles. The minimum Gasteiger partial charge on any atom is -0.439 e. The van der Waals surface area contributed by atoms with Crippen LogP contribution in [0.4, 0.5) is 29.1 Å². The van der Waals surface area contributed by atoms with Crippen LogP contribution in [0.5, 0.6) is 11.6 Å². The monoisotopic (exact) mass is 473 g/mol. The van der Waals surface area contributed by atoms with Crippen LogP contribution in [0.2, 0.25) is 0 Å². The second-order valence-corrected chi connectivity index (χ2v) is 7.82. The van der Waals surface area contributed by atoms with Crippen molar-refractivity contribution in [3.63, 3.8) is 0 Å². The average Bonchev–Trinajstić information content (AvgIpc) is 3.18. The molecule has 7 nitrogen and oxygen atoms in total. The summed E-state index contributed by atoms with van der Waals surface area (Å²) in [6.07, 6.45) is -1.84. The van der Waals surface area contributed by atoms with Gasteiger partial charge in [-0.05, 0) is 44.2 Å². The molecule has 0 aliphatic heterocycles. The molecular formula is C23H19F4N5O2. The summed E-state index contributed by atoms with van der Waals surface area (Å²) in [7, 11) is 0. The van der Waals surface area contributed by atoms with E-state index in [0.29, 0.717) is 23.3 Å². The number of benzene rings is 1. The lowest BCUT2D eigenvalue weighted by Gasteiger charge is -2.17. The van der Waals surface area contributed by atoms with Gasteiger partial charge in [-0.3, -0.25) is 4.98 Å². The third-order valence-corrected chi connectivity index (χ3v) is 4.66. The van der Waals surface area contributed by atoms with E-state index in [1.54, 1.807) is 26.0 Å². The maximum atomic E-state index is 14.3. The Bertz CT molecular complexity index is 1320. The summed E-state index contributed by atoms with van der Waals surface area (Å²) in [5.41, 5.74) is -1.58. The van der Waals surface area contributed by atoms with Gasteiger partial charge in [-0.1, -0.05) is 12.1 Å². The Labute approximate surface area is 191 Å². The predicted molar refractivity (Wildman–Crippen MR) is 116 cm³/mol. The third-order valence-electron chi connectivity index (χ3n) is 4.66. The molecular weight excluding hydrogens is 454 g/mol. The number of pyridine rings is 2. The number of hydrogen-bond acceptors (Lipinski definition) is 6. The van der Waals surface area contributed by atoms with Gasteiger partial charge in [0.1, 0.15) is 28.7 Å². The summed E-state index contributed by atoms with van der Waals surface area (Å²) < 4.78 is 60.6. The van der Waals surface area contributed by atoms with Crippen LogP contribution in [0.15, 0.2) is 67.0 Å². The first kappa shape index (κ1) is 23.2. The third kappa shape index (κ3) is 5.15. The number of para-hydroxylation sites is 1. The highest BCUT2D eigenvalue weighted by Crippen LogP contribution is 2.35. The van der Waals surface area contributed by atoms with Crippen LogP contribution in [0.25, 0.3) is 5.69 Å². The molecule has 0 fully saturated rings. The highest BCUT2D eigenvalue weighted by molar-refractivity contribution is 5.58. The molecule has 0 aliphatic carbocycles. The predicted octanol–water partition coefficient (Wildman–Crippen LogP) is 5.58. The second-order valence-electron chi connectivity index (χ2n) is 7.82. The highest BCUT2D eigenvalue weighted by atomic mass is 19.4. The quantitative estimate of drug-likeness (QED) is 0.356. The maximum Gasteiger partial charge on any atom is 0.435 e. The molecule has 11 heteroatoms. The number of nitrogens with one attached hydrogen (secondary N) is 1. The molecule has 0 saturated carbocycles. The Kier molecular flexibility index (Phi) is 5.96. The number of alkyl halides is 3. The molecule has 1 aromatic carbocycles. The molecule has 0 aliphatic rings. The van der Waals surface area contributed by atoms with Gasteiger partial charge in [-0.15, -0.1) is 0 Å². The van der Waals surface area contributed by atoms with Crippen LogP contribution >= 0.6 is 0 Å². The SMILES string of the molecule is CC(C)(O)c1cc(Nc2cc(Oc3cc(C(F)(F)F)nn3-c3ccccc3F)ccn2)ccn1. The van der Waals surface area contributed by atoms with Gasteiger partial charge in [0, 0.05) is 30.2 Å². The second kappa shape index (κ2) is 8.75. The number of aliphatic hydroxyl groups is 1. The number of anilines is 2. The number of halogens is 4. The van der Waals surface area contributed by atoms with Crippen molar-refractivity contribution in [1.82, 2.24) is 19.7 Å². The number of rotatable bonds is 6. The topological polar surface area (TPSA) is 85.1 Å². The average molecular weight is 473 g/mol. The first-order chi connectivity index (χ1) is 16.0. The van der Waals surface area contributed by atoms with Crippen LogP contribution in [0, 0.1) is 5.82 Å².